The number of halogens is 1. The highest BCUT2D eigenvalue weighted by Gasteiger charge is 2.25. The molecule has 0 saturated carbocycles. The van der Waals surface area contributed by atoms with Crippen molar-refractivity contribution in [2.24, 2.45) is 5.92 Å². The number of furan rings is 1. The number of nitrogens with zero attached hydrogens (tertiary/aromatic N) is 1. The van der Waals surface area contributed by atoms with Crippen molar-refractivity contribution in [2.45, 2.75) is 19.8 Å². The molecule has 1 fully saturated rings. The summed E-state index contributed by atoms with van der Waals surface area (Å²) in [7, 11) is 0. The van der Waals surface area contributed by atoms with E-state index in [9.17, 15) is 4.79 Å². The lowest BCUT2D eigenvalue weighted by Crippen LogP contribution is -2.40. The van der Waals surface area contributed by atoms with E-state index in [4.69, 9.17) is 4.42 Å². The molecule has 1 saturated heterocycles. The molecule has 0 unspecified atom stereocenters. The molecule has 1 N–H and O–H groups in total. The highest BCUT2D eigenvalue weighted by Crippen LogP contribution is 2.25. The summed E-state index contributed by atoms with van der Waals surface area (Å²) in [5, 5.41) is 4.35. The number of rotatable bonds is 4. The van der Waals surface area contributed by atoms with Crippen molar-refractivity contribution in [3.8, 4) is 0 Å². The van der Waals surface area contributed by atoms with Crippen LogP contribution in [0.4, 0.5) is 0 Å². The molecule has 118 valence electrons. The second-order valence-corrected chi connectivity index (χ2v) is 6.75. The number of benzene rings is 1. The second-order valence-electron chi connectivity index (χ2n) is 5.84. The molecule has 4 nitrogen and oxygen atoms in total. The molecule has 0 spiro atoms. The van der Waals surface area contributed by atoms with E-state index in [0.717, 1.165) is 54.5 Å². The van der Waals surface area contributed by atoms with Crippen LogP contribution >= 0.6 is 15.9 Å². The molecular weight excluding hydrogens is 344 g/mol. The Labute approximate surface area is 139 Å². The van der Waals surface area contributed by atoms with E-state index >= 15 is 0 Å². The van der Waals surface area contributed by atoms with Crippen LogP contribution in [0.5, 0.6) is 0 Å². The number of hydrogen-bond donors (Lipinski definition) is 1. The Morgan fingerprint density at radius 3 is 2.86 bits per heavy atom. The summed E-state index contributed by atoms with van der Waals surface area (Å²) in [6.07, 6.45) is 2.12. The quantitative estimate of drug-likeness (QED) is 0.900. The van der Waals surface area contributed by atoms with Gasteiger partial charge in [0.1, 0.15) is 5.58 Å². The minimum Gasteiger partial charge on any atom is -0.451 e. The van der Waals surface area contributed by atoms with Gasteiger partial charge in [0.2, 0.25) is 0 Å². The van der Waals surface area contributed by atoms with Crippen molar-refractivity contribution in [1.29, 1.82) is 0 Å². The SMILES string of the molecule is CCNCC1CCN(C(=O)c2cc3cc(Br)ccc3o2)CC1. The Balaban J connectivity index is 1.66. The van der Waals surface area contributed by atoms with Crippen molar-refractivity contribution in [3.63, 3.8) is 0 Å². The summed E-state index contributed by atoms with van der Waals surface area (Å²) in [6, 6.07) is 7.62. The van der Waals surface area contributed by atoms with Crippen molar-refractivity contribution < 1.29 is 9.21 Å². The number of carbonyl (C=O) groups is 1. The third-order valence-corrected chi connectivity index (χ3v) is 4.77. The van der Waals surface area contributed by atoms with Gasteiger partial charge in [0.05, 0.1) is 0 Å². The van der Waals surface area contributed by atoms with Crippen molar-refractivity contribution in [3.05, 3.63) is 34.5 Å². The number of piperidine rings is 1. The summed E-state index contributed by atoms with van der Waals surface area (Å²) in [5.74, 6) is 1.13. The number of hydrogen-bond acceptors (Lipinski definition) is 3. The number of likely N-dealkylation sites (tertiary alicyclic amines) is 1. The van der Waals surface area contributed by atoms with E-state index in [1.165, 1.54) is 0 Å². The van der Waals surface area contributed by atoms with Gasteiger partial charge in [-0.3, -0.25) is 4.79 Å². The van der Waals surface area contributed by atoms with Crippen LogP contribution in [0.25, 0.3) is 11.0 Å². The van der Waals surface area contributed by atoms with Gasteiger partial charge in [0.15, 0.2) is 5.76 Å². The average molecular weight is 365 g/mol. The van der Waals surface area contributed by atoms with Crippen LogP contribution in [0.2, 0.25) is 0 Å². The number of fused-ring (bicyclic) bond motifs is 1. The molecule has 1 aromatic heterocycles. The van der Waals surface area contributed by atoms with Crippen LogP contribution in [0, 0.1) is 5.92 Å². The number of nitrogens with one attached hydrogen (secondary N) is 1. The van der Waals surface area contributed by atoms with Gasteiger partial charge >= 0.3 is 0 Å². The minimum atomic E-state index is 0.00854. The predicted octanol–water partition coefficient (Wildman–Crippen LogP) is 3.66. The fourth-order valence-electron chi connectivity index (χ4n) is 2.96. The van der Waals surface area contributed by atoms with Gasteiger partial charge in [-0.25, -0.2) is 0 Å². The Morgan fingerprint density at radius 1 is 1.36 bits per heavy atom. The molecule has 0 aliphatic carbocycles. The zero-order chi connectivity index (χ0) is 15.5. The third-order valence-electron chi connectivity index (χ3n) is 4.27. The molecule has 1 aromatic carbocycles. The monoisotopic (exact) mass is 364 g/mol. The van der Waals surface area contributed by atoms with Crippen molar-refractivity contribution in [2.75, 3.05) is 26.2 Å². The van der Waals surface area contributed by atoms with Gasteiger partial charge in [-0.05, 0) is 56.1 Å². The van der Waals surface area contributed by atoms with Crippen LogP contribution < -0.4 is 5.32 Å². The fraction of sp³-hybridized carbons (Fsp3) is 0.471. The lowest BCUT2D eigenvalue weighted by atomic mass is 9.96. The number of amides is 1. The first kappa shape index (κ1) is 15.6. The average Bonchev–Trinajstić information content (AvgIpc) is 2.95. The Kier molecular flexibility index (Phi) is 4.84. The normalized spacial score (nSPS) is 16.4. The van der Waals surface area contributed by atoms with Crippen LogP contribution in [0.15, 0.2) is 33.2 Å². The Hall–Kier alpha value is -1.33. The molecule has 22 heavy (non-hydrogen) atoms. The summed E-state index contributed by atoms with van der Waals surface area (Å²) >= 11 is 3.44. The van der Waals surface area contributed by atoms with E-state index < -0.39 is 0 Å². The van der Waals surface area contributed by atoms with Crippen LogP contribution in [0.1, 0.15) is 30.3 Å². The fourth-order valence-corrected chi connectivity index (χ4v) is 3.34. The molecule has 5 heteroatoms. The largest absolute Gasteiger partial charge is 0.451 e. The highest BCUT2D eigenvalue weighted by molar-refractivity contribution is 9.10. The van der Waals surface area contributed by atoms with E-state index in [0.29, 0.717) is 11.7 Å². The van der Waals surface area contributed by atoms with E-state index in [1.54, 1.807) is 0 Å². The molecule has 1 aliphatic rings. The van der Waals surface area contributed by atoms with E-state index in [2.05, 4.69) is 28.2 Å². The molecular formula is C17H21BrN2O2. The zero-order valence-corrected chi connectivity index (χ0v) is 14.4. The Bertz CT molecular complexity index is 660. The van der Waals surface area contributed by atoms with Gasteiger partial charge in [-0.2, -0.15) is 0 Å². The zero-order valence-electron chi connectivity index (χ0n) is 12.8. The summed E-state index contributed by atoms with van der Waals surface area (Å²) in [6.45, 7) is 5.81. The molecule has 0 bridgehead atoms. The molecule has 1 amide bonds. The first-order valence-electron chi connectivity index (χ1n) is 7.86. The molecule has 0 atom stereocenters. The van der Waals surface area contributed by atoms with E-state index in [1.807, 2.05) is 29.2 Å². The topological polar surface area (TPSA) is 45.5 Å². The first-order chi connectivity index (χ1) is 10.7. The minimum absolute atomic E-state index is 0.00854. The van der Waals surface area contributed by atoms with Crippen molar-refractivity contribution in [1.82, 2.24) is 10.2 Å². The molecule has 0 radical (unpaired) electrons. The van der Waals surface area contributed by atoms with Crippen LogP contribution in [-0.2, 0) is 0 Å². The van der Waals surface area contributed by atoms with Gasteiger partial charge in [-0.1, -0.05) is 22.9 Å². The van der Waals surface area contributed by atoms with Crippen molar-refractivity contribution >= 4 is 32.8 Å². The van der Waals surface area contributed by atoms with Crippen LogP contribution in [-0.4, -0.2) is 37.0 Å². The molecule has 2 aromatic rings. The maximum absolute atomic E-state index is 12.6. The van der Waals surface area contributed by atoms with Crippen LogP contribution in [0.3, 0.4) is 0 Å². The van der Waals surface area contributed by atoms with E-state index in [-0.39, 0.29) is 5.91 Å². The second kappa shape index (κ2) is 6.84. The summed E-state index contributed by atoms with van der Waals surface area (Å²) < 4.78 is 6.70. The lowest BCUT2D eigenvalue weighted by molar-refractivity contribution is 0.0660. The number of carbonyl (C=O) groups excluding carboxylic acids is 1. The smallest absolute Gasteiger partial charge is 0.289 e. The molecule has 3 rings (SSSR count). The van der Waals surface area contributed by atoms with Gasteiger partial charge in [0, 0.05) is 22.9 Å². The lowest BCUT2D eigenvalue weighted by Gasteiger charge is -2.31. The summed E-state index contributed by atoms with van der Waals surface area (Å²) in [4.78, 5) is 14.5. The van der Waals surface area contributed by atoms with Gasteiger partial charge < -0.3 is 14.6 Å². The molecule has 1 aliphatic heterocycles. The Morgan fingerprint density at radius 2 is 2.14 bits per heavy atom. The molecule has 2 heterocycles. The first-order valence-corrected chi connectivity index (χ1v) is 8.65. The summed E-state index contributed by atoms with van der Waals surface area (Å²) in [5.41, 5.74) is 0.758. The highest BCUT2D eigenvalue weighted by atomic mass is 79.9. The maximum atomic E-state index is 12.6. The van der Waals surface area contributed by atoms with Gasteiger partial charge in [0.25, 0.3) is 5.91 Å². The maximum Gasteiger partial charge on any atom is 0.289 e. The predicted molar refractivity (Wildman–Crippen MR) is 91.1 cm³/mol. The van der Waals surface area contributed by atoms with Gasteiger partial charge in [-0.15, -0.1) is 0 Å². The third kappa shape index (κ3) is 3.36. The standard InChI is InChI=1S/C17H21BrN2O2/c1-2-19-11-12-5-7-20(8-6-12)17(21)16-10-13-9-14(18)3-4-15(13)22-16/h3-4,9-10,12,19H,2,5-8,11H2,1H3.